The molecule has 2 aliphatic rings. The molecule has 3 heterocycles. The first kappa shape index (κ1) is 16.6. The van der Waals surface area contributed by atoms with E-state index in [2.05, 4.69) is 34.2 Å². The van der Waals surface area contributed by atoms with Crippen molar-refractivity contribution in [2.24, 2.45) is 0 Å². The molecule has 0 atom stereocenters. The van der Waals surface area contributed by atoms with Gasteiger partial charge in [-0.25, -0.2) is 4.98 Å². The number of rotatable bonds is 3. The van der Waals surface area contributed by atoms with Gasteiger partial charge in [-0.15, -0.1) is 0 Å². The summed E-state index contributed by atoms with van der Waals surface area (Å²) in [7, 11) is 3.49. The van der Waals surface area contributed by atoms with Crippen molar-refractivity contribution in [3.05, 3.63) is 83.0 Å². The largest absolute Gasteiger partial charge is 0.497 e. The van der Waals surface area contributed by atoms with Gasteiger partial charge in [0.05, 0.1) is 24.1 Å². The Morgan fingerprint density at radius 3 is 2.64 bits per heavy atom. The molecular weight excluding hydrogens is 350 g/mol. The standard InChI is InChI=1S/C23H19N3O2/c1-25-20-13-16-5-4-12-24-22(16)26(14-15-8-10-17(28-2)11-9-15)19-7-3-6-18(21(19)20)23(25)27/h3-13H,14H2,1-2H3. The highest BCUT2D eigenvalue weighted by Gasteiger charge is 2.35. The minimum absolute atomic E-state index is 0.0276. The number of anilines is 2. The van der Waals surface area contributed by atoms with Gasteiger partial charge in [-0.05, 0) is 48.0 Å². The van der Waals surface area contributed by atoms with E-state index >= 15 is 0 Å². The normalized spacial score (nSPS) is 14.4. The first-order chi connectivity index (χ1) is 13.7. The highest BCUT2D eigenvalue weighted by molar-refractivity contribution is 6.15. The van der Waals surface area contributed by atoms with Crippen LogP contribution >= 0.6 is 0 Å². The monoisotopic (exact) mass is 369 g/mol. The smallest absolute Gasteiger partial charge is 0.258 e. The highest BCUT2D eigenvalue weighted by atomic mass is 16.5. The van der Waals surface area contributed by atoms with E-state index in [1.54, 1.807) is 12.0 Å². The molecule has 28 heavy (non-hydrogen) atoms. The molecule has 1 amide bonds. The van der Waals surface area contributed by atoms with Crippen molar-refractivity contribution in [3.63, 3.8) is 0 Å². The van der Waals surface area contributed by atoms with Gasteiger partial charge in [-0.2, -0.15) is 0 Å². The number of benzene rings is 2. The molecule has 5 rings (SSSR count). The van der Waals surface area contributed by atoms with Crippen LogP contribution in [0.15, 0.2) is 60.8 Å². The molecule has 0 saturated heterocycles. The van der Waals surface area contributed by atoms with E-state index in [1.165, 1.54) is 0 Å². The summed E-state index contributed by atoms with van der Waals surface area (Å²) in [4.78, 5) is 21.3. The number of methoxy groups -OCH3 is 1. The molecule has 0 spiro atoms. The number of ether oxygens (including phenoxy) is 1. The number of pyridine rings is 1. The number of aromatic nitrogens is 1. The molecule has 0 saturated carbocycles. The molecule has 0 fully saturated rings. The molecule has 0 aliphatic carbocycles. The Labute approximate surface area is 163 Å². The summed E-state index contributed by atoms with van der Waals surface area (Å²) in [6, 6.07) is 17.9. The van der Waals surface area contributed by atoms with Crippen LogP contribution in [0.3, 0.4) is 0 Å². The zero-order chi connectivity index (χ0) is 19.3. The number of hydrogen-bond acceptors (Lipinski definition) is 4. The van der Waals surface area contributed by atoms with Crippen molar-refractivity contribution in [2.45, 2.75) is 6.54 Å². The molecule has 2 aliphatic heterocycles. The van der Waals surface area contributed by atoms with Crippen LogP contribution in [0.5, 0.6) is 5.75 Å². The van der Waals surface area contributed by atoms with Crippen molar-refractivity contribution in [2.75, 3.05) is 19.1 Å². The van der Waals surface area contributed by atoms with Crippen LogP contribution < -0.4 is 9.64 Å². The quantitative estimate of drug-likeness (QED) is 0.690. The minimum Gasteiger partial charge on any atom is -0.497 e. The first-order valence-corrected chi connectivity index (χ1v) is 9.16. The highest BCUT2D eigenvalue weighted by Crippen LogP contribution is 2.45. The van der Waals surface area contributed by atoms with E-state index in [0.29, 0.717) is 6.54 Å². The summed E-state index contributed by atoms with van der Waals surface area (Å²) in [6.45, 7) is 0.642. The van der Waals surface area contributed by atoms with Gasteiger partial charge >= 0.3 is 0 Å². The zero-order valence-electron chi connectivity index (χ0n) is 15.7. The fraction of sp³-hybridized carbons (Fsp3) is 0.130. The number of amides is 1. The van der Waals surface area contributed by atoms with Crippen LogP contribution in [0.25, 0.3) is 11.8 Å². The van der Waals surface area contributed by atoms with Gasteiger partial charge in [0.15, 0.2) is 0 Å². The Kier molecular flexibility index (Phi) is 3.69. The number of carbonyl (C=O) groups is 1. The van der Waals surface area contributed by atoms with Crippen molar-refractivity contribution >= 4 is 29.2 Å². The Bertz CT molecular complexity index is 1120. The summed E-state index contributed by atoms with van der Waals surface area (Å²) >= 11 is 0. The molecule has 2 aromatic carbocycles. The van der Waals surface area contributed by atoms with E-state index in [9.17, 15) is 4.79 Å². The Morgan fingerprint density at radius 2 is 1.86 bits per heavy atom. The van der Waals surface area contributed by atoms with Gasteiger partial charge in [0.1, 0.15) is 11.6 Å². The molecule has 0 unspecified atom stereocenters. The topological polar surface area (TPSA) is 45.7 Å². The van der Waals surface area contributed by atoms with E-state index < -0.39 is 0 Å². The molecule has 138 valence electrons. The van der Waals surface area contributed by atoms with Crippen LogP contribution in [0.4, 0.5) is 11.5 Å². The SMILES string of the molecule is COc1ccc(CN2c3cccc4c3C(=Cc3cccnc32)N(C)C4=O)cc1. The summed E-state index contributed by atoms with van der Waals surface area (Å²) in [5, 5.41) is 0. The van der Waals surface area contributed by atoms with Gasteiger partial charge in [0, 0.05) is 30.9 Å². The molecular formula is C23H19N3O2. The van der Waals surface area contributed by atoms with Crippen LogP contribution in [0.1, 0.15) is 27.0 Å². The number of fused-ring (bicyclic) bond motifs is 1. The summed E-state index contributed by atoms with van der Waals surface area (Å²) in [5.74, 6) is 1.74. The number of nitrogens with zero attached hydrogens (tertiary/aromatic N) is 3. The van der Waals surface area contributed by atoms with Crippen LogP contribution in [0.2, 0.25) is 0 Å². The molecule has 5 heteroatoms. The lowest BCUT2D eigenvalue weighted by molar-refractivity contribution is 0.0875. The average Bonchev–Trinajstić information content (AvgIpc) is 2.89. The number of carbonyl (C=O) groups excluding carboxylic acids is 1. The Morgan fingerprint density at radius 1 is 1.04 bits per heavy atom. The fourth-order valence-electron chi connectivity index (χ4n) is 3.92. The fourth-order valence-corrected chi connectivity index (χ4v) is 3.92. The van der Waals surface area contributed by atoms with E-state index in [0.717, 1.165) is 45.2 Å². The van der Waals surface area contributed by atoms with Crippen LogP contribution in [0, 0.1) is 0 Å². The van der Waals surface area contributed by atoms with Gasteiger partial charge in [0.25, 0.3) is 5.91 Å². The molecule has 5 nitrogen and oxygen atoms in total. The first-order valence-electron chi connectivity index (χ1n) is 9.16. The molecule has 0 N–H and O–H groups in total. The van der Waals surface area contributed by atoms with E-state index in [1.807, 2.05) is 49.6 Å². The summed E-state index contributed by atoms with van der Waals surface area (Å²) in [5.41, 5.74) is 5.75. The third-order valence-corrected chi connectivity index (χ3v) is 5.35. The lowest BCUT2D eigenvalue weighted by atomic mass is 10.0. The van der Waals surface area contributed by atoms with Gasteiger partial charge in [-0.3, -0.25) is 4.79 Å². The van der Waals surface area contributed by atoms with Crippen molar-refractivity contribution in [3.8, 4) is 5.75 Å². The van der Waals surface area contributed by atoms with Crippen LogP contribution in [-0.4, -0.2) is 29.9 Å². The molecule has 1 aromatic heterocycles. The second-order valence-electron chi connectivity index (χ2n) is 6.94. The predicted molar refractivity (Wildman–Crippen MR) is 109 cm³/mol. The molecule has 3 aromatic rings. The number of hydrogen-bond donors (Lipinski definition) is 0. The second kappa shape index (κ2) is 6.23. The van der Waals surface area contributed by atoms with Crippen LogP contribution in [-0.2, 0) is 6.54 Å². The van der Waals surface area contributed by atoms with Crippen molar-refractivity contribution in [1.29, 1.82) is 0 Å². The van der Waals surface area contributed by atoms with Gasteiger partial charge < -0.3 is 14.5 Å². The third kappa shape index (κ3) is 2.40. The maximum absolute atomic E-state index is 12.7. The second-order valence-corrected chi connectivity index (χ2v) is 6.94. The van der Waals surface area contributed by atoms with E-state index in [4.69, 9.17) is 4.74 Å². The van der Waals surface area contributed by atoms with E-state index in [-0.39, 0.29) is 5.91 Å². The Balaban J connectivity index is 1.70. The van der Waals surface area contributed by atoms with Gasteiger partial charge in [-0.1, -0.05) is 18.2 Å². The maximum Gasteiger partial charge on any atom is 0.258 e. The lowest BCUT2D eigenvalue weighted by Gasteiger charge is -2.26. The summed E-state index contributed by atoms with van der Waals surface area (Å²) in [6.07, 6.45) is 3.87. The molecule has 0 bridgehead atoms. The maximum atomic E-state index is 12.7. The zero-order valence-corrected chi connectivity index (χ0v) is 15.7. The minimum atomic E-state index is 0.0276. The average molecular weight is 369 g/mol. The molecule has 0 radical (unpaired) electrons. The van der Waals surface area contributed by atoms with Gasteiger partial charge in [0.2, 0.25) is 0 Å². The Hall–Kier alpha value is -3.60. The third-order valence-electron chi connectivity index (χ3n) is 5.35. The predicted octanol–water partition coefficient (Wildman–Crippen LogP) is 4.33. The van der Waals surface area contributed by atoms with Crippen molar-refractivity contribution < 1.29 is 9.53 Å². The van der Waals surface area contributed by atoms with Crippen molar-refractivity contribution in [1.82, 2.24) is 9.88 Å². The lowest BCUT2D eigenvalue weighted by Crippen LogP contribution is -2.19. The summed E-state index contributed by atoms with van der Waals surface area (Å²) < 4.78 is 5.28.